The number of rotatable bonds is 3. The topological polar surface area (TPSA) is 18.5 Å². The molecule has 4 heteroatoms. The largest absolute Gasteiger partial charge is 0.349 e. The molecular weight excluding hydrogens is 455 g/mol. The molecule has 1 heterocycles. The molecule has 2 rings (SSSR count). The van der Waals surface area contributed by atoms with Crippen LogP contribution in [0.1, 0.15) is 53.0 Å². The number of hydrogen-bond donors (Lipinski definition) is 0. The maximum atomic E-state index is 6.44. The van der Waals surface area contributed by atoms with Crippen molar-refractivity contribution in [2.75, 3.05) is 6.61 Å². The minimum atomic E-state index is -0.532. The summed E-state index contributed by atoms with van der Waals surface area (Å²) in [7, 11) is 0. The van der Waals surface area contributed by atoms with Crippen LogP contribution in [0.2, 0.25) is 0 Å². The van der Waals surface area contributed by atoms with Crippen LogP contribution >= 0.6 is 38.5 Å². The van der Waals surface area contributed by atoms with Gasteiger partial charge in [-0.25, -0.2) is 0 Å². The molecule has 0 radical (unpaired) electrons. The van der Waals surface area contributed by atoms with Gasteiger partial charge in [0, 0.05) is 19.9 Å². The Bertz CT molecular complexity index is 536. The zero-order valence-electron chi connectivity index (χ0n) is 14.1. The van der Waals surface area contributed by atoms with Crippen LogP contribution in [0.15, 0.2) is 22.7 Å². The highest BCUT2D eigenvalue weighted by molar-refractivity contribution is 14.1. The van der Waals surface area contributed by atoms with Crippen molar-refractivity contribution >= 4 is 38.5 Å². The van der Waals surface area contributed by atoms with Crippen molar-refractivity contribution in [3.05, 3.63) is 31.8 Å². The lowest BCUT2D eigenvalue weighted by molar-refractivity contribution is -0.326. The number of ether oxygens (including phenoxy) is 2. The summed E-state index contributed by atoms with van der Waals surface area (Å²) in [5.41, 5.74) is 1.34. The van der Waals surface area contributed by atoms with E-state index in [0.717, 1.165) is 23.9 Å². The summed E-state index contributed by atoms with van der Waals surface area (Å²) in [5.74, 6) is -0.532. The Morgan fingerprint density at radius 1 is 1.32 bits per heavy atom. The summed E-state index contributed by atoms with van der Waals surface area (Å²) in [6, 6.07) is 6.33. The van der Waals surface area contributed by atoms with Crippen molar-refractivity contribution in [1.82, 2.24) is 0 Å². The molecule has 0 saturated carbocycles. The van der Waals surface area contributed by atoms with Crippen molar-refractivity contribution in [1.29, 1.82) is 0 Å². The highest BCUT2D eigenvalue weighted by Gasteiger charge is 2.50. The van der Waals surface area contributed by atoms with Gasteiger partial charge >= 0.3 is 0 Å². The van der Waals surface area contributed by atoms with Gasteiger partial charge in [-0.1, -0.05) is 50.5 Å². The summed E-state index contributed by atoms with van der Waals surface area (Å²) < 4.78 is 15.0. The van der Waals surface area contributed by atoms with E-state index in [9.17, 15) is 0 Å². The fourth-order valence-electron chi connectivity index (χ4n) is 2.90. The molecule has 1 aliphatic rings. The van der Waals surface area contributed by atoms with E-state index in [0.29, 0.717) is 6.61 Å². The lowest BCUT2D eigenvalue weighted by atomic mass is 9.71. The lowest BCUT2D eigenvalue weighted by Crippen LogP contribution is -2.53. The van der Waals surface area contributed by atoms with Crippen LogP contribution in [-0.2, 0) is 16.1 Å². The van der Waals surface area contributed by atoms with Gasteiger partial charge in [0.25, 0.3) is 0 Å². The first-order chi connectivity index (χ1) is 10.0. The Hall–Kier alpha value is 0.350. The third-order valence-electron chi connectivity index (χ3n) is 4.44. The quantitative estimate of drug-likeness (QED) is 0.483. The first-order valence-electron chi connectivity index (χ1n) is 7.77. The minimum Gasteiger partial charge on any atom is -0.349 e. The zero-order valence-corrected chi connectivity index (χ0v) is 17.9. The summed E-state index contributed by atoms with van der Waals surface area (Å²) in [6.45, 7) is 12.6. The van der Waals surface area contributed by atoms with Crippen LogP contribution < -0.4 is 0 Å². The summed E-state index contributed by atoms with van der Waals surface area (Å²) in [5, 5.41) is 0. The molecule has 2 nitrogen and oxygen atoms in total. The average molecular weight is 481 g/mol. The summed E-state index contributed by atoms with van der Waals surface area (Å²) >= 11 is 5.96. The van der Waals surface area contributed by atoms with Gasteiger partial charge in [0.2, 0.25) is 0 Å². The Morgan fingerprint density at radius 2 is 2.00 bits per heavy atom. The molecule has 0 bridgehead atoms. The molecule has 1 unspecified atom stereocenters. The molecular formula is C18H26BrIO2. The van der Waals surface area contributed by atoms with Gasteiger partial charge < -0.3 is 9.47 Å². The van der Waals surface area contributed by atoms with Crippen molar-refractivity contribution < 1.29 is 9.47 Å². The van der Waals surface area contributed by atoms with Crippen LogP contribution in [0.25, 0.3) is 0 Å². The molecule has 124 valence electrons. The minimum absolute atomic E-state index is 0.0703. The predicted octanol–water partition coefficient (Wildman–Crippen LogP) is 6.15. The van der Waals surface area contributed by atoms with Crippen LogP contribution in [0.4, 0.5) is 0 Å². The van der Waals surface area contributed by atoms with E-state index in [1.165, 1.54) is 9.13 Å². The highest BCUT2D eigenvalue weighted by Crippen LogP contribution is 2.48. The first-order valence-corrected chi connectivity index (χ1v) is 9.64. The SMILES string of the molecule is CC1(C)CCOC(OCc2cc(I)ccc2Br)(C(C)(C)C)C1. The van der Waals surface area contributed by atoms with E-state index in [-0.39, 0.29) is 10.8 Å². The van der Waals surface area contributed by atoms with Gasteiger partial charge in [-0.2, -0.15) is 0 Å². The second kappa shape index (κ2) is 6.69. The first kappa shape index (κ1) is 18.7. The van der Waals surface area contributed by atoms with Crippen LogP contribution in [0.5, 0.6) is 0 Å². The van der Waals surface area contributed by atoms with Crippen LogP contribution in [-0.4, -0.2) is 12.4 Å². The summed E-state index contributed by atoms with van der Waals surface area (Å²) in [6.07, 6.45) is 2.01. The predicted molar refractivity (Wildman–Crippen MR) is 103 cm³/mol. The van der Waals surface area contributed by atoms with Crippen molar-refractivity contribution in [2.24, 2.45) is 10.8 Å². The fourth-order valence-corrected chi connectivity index (χ4v) is 3.82. The smallest absolute Gasteiger partial charge is 0.173 e. The lowest BCUT2D eigenvalue weighted by Gasteiger charge is -2.51. The van der Waals surface area contributed by atoms with Gasteiger partial charge in [0.15, 0.2) is 5.79 Å². The Labute approximate surface area is 156 Å². The Kier molecular flexibility index (Phi) is 5.68. The standard InChI is InChI=1S/C18H26BrIO2/c1-16(2,3)18(12-17(4,5)8-9-21-18)22-11-13-10-14(20)6-7-15(13)19/h6-7,10H,8-9,11-12H2,1-5H3. The van der Waals surface area contributed by atoms with Gasteiger partial charge in [0.05, 0.1) is 13.2 Å². The van der Waals surface area contributed by atoms with E-state index in [1.54, 1.807) is 0 Å². The maximum absolute atomic E-state index is 6.44. The van der Waals surface area contributed by atoms with Gasteiger partial charge in [-0.05, 0) is 58.2 Å². The van der Waals surface area contributed by atoms with E-state index < -0.39 is 5.79 Å². The number of hydrogen-bond acceptors (Lipinski definition) is 2. The van der Waals surface area contributed by atoms with Crippen molar-refractivity contribution in [2.45, 2.75) is 59.9 Å². The van der Waals surface area contributed by atoms with E-state index >= 15 is 0 Å². The molecule has 0 N–H and O–H groups in total. The molecule has 0 aromatic heterocycles. The second-order valence-corrected chi connectivity index (χ2v) is 10.1. The van der Waals surface area contributed by atoms with Crippen molar-refractivity contribution in [3.63, 3.8) is 0 Å². The van der Waals surface area contributed by atoms with Crippen LogP contribution in [0, 0.1) is 14.4 Å². The third-order valence-corrected chi connectivity index (χ3v) is 5.88. The maximum Gasteiger partial charge on any atom is 0.173 e. The Balaban J connectivity index is 2.23. The fraction of sp³-hybridized carbons (Fsp3) is 0.667. The van der Waals surface area contributed by atoms with E-state index in [4.69, 9.17) is 9.47 Å². The zero-order chi connectivity index (χ0) is 16.6. The molecule has 1 aromatic rings. The third kappa shape index (κ3) is 4.25. The average Bonchev–Trinajstić information content (AvgIpc) is 2.37. The molecule has 1 saturated heterocycles. The van der Waals surface area contributed by atoms with E-state index in [1.807, 2.05) is 0 Å². The van der Waals surface area contributed by atoms with Gasteiger partial charge in [0.1, 0.15) is 0 Å². The molecule has 1 fully saturated rings. The number of benzene rings is 1. The molecule has 1 aliphatic heterocycles. The van der Waals surface area contributed by atoms with E-state index in [2.05, 4.69) is 91.3 Å². The number of halogens is 2. The molecule has 22 heavy (non-hydrogen) atoms. The molecule has 1 aromatic carbocycles. The molecule has 1 atom stereocenters. The second-order valence-electron chi connectivity index (χ2n) is 7.97. The monoisotopic (exact) mass is 480 g/mol. The summed E-state index contributed by atoms with van der Waals surface area (Å²) in [4.78, 5) is 0. The van der Waals surface area contributed by atoms with Crippen molar-refractivity contribution in [3.8, 4) is 0 Å². The normalized spacial score (nSPS) is 25.2. The Morgan fingerprint density at radius 3 is 2.59 bits per heavy atom. The van der Waals surface area contributed by atoms with Gasteiger partial charge in [-0.3, -0.25) is 0 Å². The molecule has 0 aliphatic carbocycles. The molecule has 0 amide bonds. The van der Waals surface area contributed by atoms with Gasteiger partial charge in [-0.15, -0.1) is 0 Å². The molecule has 0 spiro atoms. The van der Waals surface area contributed by atoms with Crippen LogP contribution in [0.3, 0.4) is 0 Å². The highest BCUT2D eigenvalue weighted by atomic mass is 127.